The van der Waals surface area contributed by atoms with Crippen molar-refractivity contribution in [1.82, 2.24) is 20.1 Å². The number of aromatic amines is 1. The molecule has 8 heteroatoms. The number of nitrogens with zero attached hydrogens (tertiary/aromatic N) is 3. The molecule has 4 aromatic rings. The minimum Gasteiger partial charge on any atom is -0.497 e. The third kappa shape index (κ3) is 4.83. The number of fused-ring (bicyclic) bond motifs is 1. The number of aryl methyl sites for hydroxylation is 1. The fraction of sp³-hybridized carbons (Fsp3) is 0.346. The first-order valence-electron chi connectivity index (χ1n) is 11.7. The van der Waals surface area contributed by atoms with Gasteiger partial charge in [-0.15, -0.1) is 10.2 Å². The van der Waals surface area contributed by atoms with Crippen molar-refractivity contribution < 1.29 is 9.53 Å². The van der Waals surface area contributed by atoms with E-state index in [1.54, 1.807) is 7.11 Å². The molecule has 2 aromatic heterocycles. The van der Waals surface area contributed by atoms with E-state index in [9.17, 15) is 4.79 Å². The number of nitrogens with one attached hydrogen (secondary N) is 2. The predicted octanol–water partition coefficient (Wildman–Crippen LogP) is 5.22. The van der Waals surface area contributed by atoms with Crippen LogP contribution in [0.5, 0.6) is 5.75 Å². The van der Waals surface area contributed by atoms with E-state index in [0.717, 1.165) is 60.9 Å². The van der Waals surface area contributed by atoms with Gasteiger partial charge in [0, 0.05) is 22.8 Å². The van der Waals surface area contributed by atoms with Crippen molar-refractivity contribution in [2.45, 2.75) is 38.6 Å². The van der Waals surface area contributed by atoms with Gasteiger partial charge in [-0.25, -0.2) is 0 Å². The standard InChI is InChI=1S/C26H29N5O2S/c1-3-17-4-6-19(7-5-17)28-25(32)26-30-29-24(34-26)16-31-12-10-18(11-13-31)22-15-27-23-9-8-20(33-2)14-21(22)23/h4-9,14-15,18,27H,3,10-13,16H2,1-2H3,(H,28,32). The highest BCUT2D eigenvalue weighted by molar-refractivity contribution is 7.13. The average molecular weight is 476 g/mol. The molecule has 0 spiro atoms. The van der Waals surface area contributed by atoms with Gasteiger partial charge in [-0.05, 0) is 79.7 Å². The van der Waals surface area contributed by atoms with E-state index < -0.39 is 0 Å². The second-order valence-electron chi connectivity index (χ2n) is 8.71. The zero-order chi connectivity index (χ0) is 23.5. The van der Waals surface area contributed by atoms with Gasteiger partial charge < -0.3 is 15.0 Å². The lowest BCUT2D eigenvalue weighted by Gasteiger charge is -2.31. The monoisotopic (exact) mass is 475 g/mol. The molecular formula is C26H29N5O2S. The maximum Gasteiger partial charge on any atom is 0.286 e. The molecule has 0 atom stereocenters. The third-order valence-corrected chi connectivity index (χ3v) is 7.50. The molecule has 1 aliphatic rings. The van der Waals surface area contributed by atoms with Gasteiger partial charge in [0.15, 0.2) is 0 Å². The highest BCUT2D eigenvalue weighted by Gasteiger charge is 2.24. The van der Waals surface area contributed by atoms with Gasteiger partial charge in [0.1, 0.15) is 10.8 Å². The second-order valence-corrected chi connectivity index (χ2v) is 9.77. The molecule has 0 radical (unpaired) electrons. The third-order valence-electron chi connectivity index (χ3n) is 6.59. The molecule has 0 unspecified atom stereocenters. The Morgan fingerprint density at radius 2 is 1.97 bits per heavy atom. The number of hydrogen-bond acceptors (Lipinski definition) is 6. The summed E-state index contributed by atoms with van der Waals surface area (Å²) in [7, 11) is 1.71. The van der Waals surface area contributed by atoms with E-state index in [1.165, 1.54) is 27.8 Å². The van der Waals surface area contributed by atoms with Crippen LogP contribution in [0.25, 0.3) is 10.9 Å². The quantitative estimate of drug-likeness (QED) is 0.383. The summed E-state index contributed by atoms with van der Waals surface area (Å²) in [6.07, 6.45) is 5.30. The zero-order valence-electron chi connectivity index (χ0n) is 19.5. The molecular weight excluding hydrogens is 446 g/mol. The molecule has 0 saturated carbocycles. The minimum atomic E-state index is -0.207. The summed E-state index contributed by atoms with van der Waals surface area (Å²) in [6.45, 7) is 4.82. The number of amides is 1. The zero-order valence-corrected chi connectivity index (χ0v) is 20.3. The second kappa shape index (κ2) is 9.95. The molecule has 2 aromatic carbocycles. The fourth-order valence-electron chi connectivity index (χ4n) is 4.60. The highest BCUT2D eigenvalue weighted by Crippen LogP contribution is 2.35. The van der Waals surface area contributed by atoms with Crippen molar-refractivity contribution in [3.8, 4) is 5.75 Å². The Hall–Kier alpha value is -3.23. The van der Waals surface area contributed by atoms with E-state index in [-0.39, 0.29) is 5.91 Å². The number of benzene rings is 2. The van der Waals surface area contributed by atoms with E-state index in [1.807, 2.05) is 30.3 Å². The molecule has 7 nitrogen and oxygen atoms in total. The van der Waals surface area contributed by atoms with Crippen LogP contribution in [0.3, 0.4) is 0 Å². The number of H-pyrrole nitrogens is 1. The SMILES string of the molecule is CCc1ccc(NC(=O)c2nnc(CN3CCC(c4c[nH]c5ccc(OC)cc45)CC3)s2)cc1. The summed E-state index contributed by atoms with van der Waals surface area (Å²) < 4.78 is 5.42. The maximum absolute atomic E-state index is 12.6. The van der Waals surface area contributed by atoms with Crippen LogP contribution in [0.1, 0.15) is 51.6 Å². The number of anilines is 1. The molecule has 34 heavy (non-hydrogen) atoms. The summed E-state index contributed by atoms with van der Waals surface area (Å²) in [6, 6.07) is 14.1. The summed E-state index contributed by atoms with van der Waals surface area (Å²) in [5.41, 5.74) is 4.54. The number of piperidine rings is 1. The predicted molar refractivity (Wildman–Crippen MR) is 136 cm³/mol. The van der Waals surface area contributed by atoms with Gasteiger partial charge in [-0.1, -0.05) is 30.4 Å². The van der Waals surface area contributed by atoms with Crippen LogP contribution in [0.2, 0.25) is 0 Å². The smallest absolute Gasteiger partial charge is 0.286 e. The Labute approximate surface area is 203 Å². The van der Waals surface area contributed by atoms with Gasteiger partial charge in [-0.2, -0.15) is 0 Å². The number of ether oxygens (including phenoxy) is 1. The van der Waals surface area contributed by atoms with Crippen molar-refractivity contribution in [2.24, 2.45) is 0 Å². The number of methoxy groups -OCH3 is 1. The number of hydrogen-bond donors (Lipinski definition) is 2. The molecule has 2 N–H and O–H groups in total. The maximum atomic E-state index is 12.6. The molecule has 176 valence electrons. The van der Waals surface area contributed by atoms with E-state index in [4.69, 9.17) is 4.74 Å². The number of likely N-dealkylation sites (tertiary alicyclic amines) is 1. The molecule has 0 bridgehead atoms. The topological polar surface area (TPSA) is 83.1 Å². The van der Waals surface area contributed by atoms with Gasteiger partial charge in [-0.3, -0.25) is 9.69 Å². The van der Waals surface area contributed by atoms with Crippen LogP contribution < -0.4 is 10.1 Å². The molecule has 1 aliphatic heterocycles. The largest absolute Gasteiger partial charge is 0.497 e. The van der Waals surface area contributed by atoms with Crippen LogP contribution in [0, 0.1) is 0 Å². The molecule has 1 amide bonds. The first kappa shape index (κ1) is 22.6. The lowest BCUT2D eigenvalue weighted by Crippen LogP contribution is -2.32. The molecule has 5 rings (SSSR count). The molecule has 3 heterocycles. The van der Waals surface area contributed by atoms with Gasteiger partial charge >= 0.3 is 0 Å². The summed E-state index contributed by atoms with van der Waals surface area (Å²) in [5.74, 6) is 1.20. The van der Waals surface area contributed by atoms with Crippen LogP contribution in [-0.2, 0) is 13.0 Å². The number of rotatable bonds is 7. The van der Waals surface area contributed by atoms with Crippen molar-refractivity contribution in [3.05, 3.63) is 69.8 Å². The van der Waals surface area contributed by atoms with E-state index in [2.05, 4.69) is 50.7 Å². The van der Waals surface area contributed by atoms with Gasteiger partial charge in [0.25, 0.3) is 5.91 Å². The summed E-state index contributed by atoms with van der Waals surface area (Å²) >= 11 is 1.37. The van der Waals surface area contributed by atoms with Crippen LogP contribution in [0.15, 0.2) is 48.7 Å². The Balaban J connectivity index is 1.17. The summed E-state index contributed by atoms with van der Waals surface area (Å²) in [4.78, 5) is 18.4. The van der Waals surface area contributed by atoms with Gasteiger partial charge in [0.2, 0.25) is 5.01 Å². The van der Waals surface area contributed by atoms with E-state index >= 15 is 0 Å². The van der Waals surface area contributed by atoms with Crippen molar-refractivity contribution >= 4 is 33.8 Å². The van der Waals surface area contributed by atoms with Crippen molar-refractivity contribution in [1.29, 1.82) is 0 Å². The lowest BCUT2D eigenvalue weighted by atomic mass is 9.89. The van der Waals surface area contributed by atoms with Crippen molar-refractivity contribution in [3.63, 3.8) is 0 Å². The van der Waals surface area contributed by atoms with Crippen LogP contribution >= 0.6 is 11.3 Å². The Morgan fingerprint density at radius 3 is 2.71 bits per heavy atom. The van der Waals surface area contributed by atoms with Crippen LogP contribution in [0.4, 0.5) is 5.69 Å². The number of aromatic nitrogens is 3. The Kier molecular flexibility index (Phi) is 6.60. The lowest BCUT2D eigenvalue weighted by molar-refractivity contribution is 0.102. The first-order chi connectivity index (χ1) is 16.6. The number of carbonyl (C=O) groups is 1. The fourth-order valence-corrected chi connectivity index (χ4v) is 5.37. The Bertz CT molecular complexity index is 1270. The summed E-state index contributed by atoms with van der Waals surface area (Å²) in [5, 5.41) is 13.9. The number of carbonyl (C=O) groups excluding carboxylic acids is 1. The highest BCUT2D eigenvalue weighted by atomic mass is 32.1. The minimum absolute atomic E-state index is 0.207. The van der Waals surface area contributed by atoms with Gasteiger partial charge in [0.05, 0.1) is 13.7 Å². The average Bonchev–Trinajstić information content (AvgIpc) is 3.52. The first-order valence-corrected chi connectivity index (χ1v) is 12.5. The normalized spacial score (nSPS) is 15.0. The molecule has 0 aliphatic carbocycles. The van der Waals surface area contributed by atoms with E-state index in [0.29, 0.717) is 10.9 Å². The van der Waals surface area contributed by atoms with Crippen LogP contribution in [-0.4, -0.2) is 46.2 Å². The Morgan fingerprint density at radius 1 is 1.18 bits per heavy atom. The molecule has 1 saturated heterocycles. The molecule has 1 fully saturated rings. The van der Waals surface area contributed by atoms with Crippen molar-refractivity contribution in [2.75, 3.05) is 25.5 Å².